The quantitative estimate of drug-likeness (QED) is 0.817. The Hall–Kier alpha value is -2.43. The fourth-order valence-corrected chi connectivity index (χ4v) is 1.66. The van der Waals surface area contributed by atoms with Crippen molar-refractivity contribution in [1.82, 2.24) is 0 Å². The Morgan fingerprint density at radius 3 is 2.63 bits per heavy atom. The fraction of sp³-hybridized carbons (Fsp3) is 0.0714. The molecule has 5 heteroatoms. The lowest BCUT2D eigenvalue weighted by Gasteiger charge is -2.09. The second-order valence-electron chi connectivity index (χ2n) is 4.11. The number of carbonyl (C=O) groups excluding carboxylic acids is 1. The molecule has 0 spiro atoms. The minimum atomic E-state index is -0.834. The summed E-state index contributed by atoms with van der Waals surface area (Å²) in [4.78, 5) is 12.0. The SMILES string of the molecule is Cc1cccc(C(=O)Nc2ccc(F)cc2F)c1N. The zero-order valence-corrected chi connectivity index (χ0v) is 10.2. The molecule has 0 heterocycles. The molecule has 0 atom stereocenters. The average molecular weight is 262 g/mol. The first-order valence-electron chi connectivity index (χ1n) is 5.60. The number of nitrogen functional groups attached to an aromatic ring is 1. The molecule has 0 aromatic heterocycles. The van der Waals surface area contributed by atoms with Gasteiger partial charge in [0.1, 0.15) is 11.6 Å². The Balaban J connectivity index is 2.28. The van der Waals surface area contributed by atoms with Crippen LogP contribution in [0, 0.1) is 18.6 Å². The Morgan fingerprint density at radius 1 is 1.21 bits per heavy atom. The molecule has 2 aromatic rings. The first-order chi connectivity index (χ1) is 8.99. The van der Waals surface area contributed by atoms with E-state index in [1.54, 1.807) is 25.1 Å². The molecule has 2 rings (SSSR count). The lowest BCUT2D eigenvalue weighted by Crippen LogP contribution is -2.15. The van der Waals surface area contributed by atoms with E-state index in [9.17, 15) is 13.6 Å². The maximum absolute atomic E-state index is 13.4. The number of anilines is 2. The number of hydrogen-bond donors (Lipinski definition) is 2. The van der Waals surface area contributed by atoms with Crippen molar-refractivity contribution in [3.05, 3.63) is 59.2 Å². The number of para-hydroxylation sites is 1. The summed E-state index contributed by atoms with van der Waals surface area (Å²) in [6.07, 6.45) is 0. The van der Waals surface area contributed by atoms with Gasteiger partial charge in [-0.2, -0.15) is 0 Å². The van der Waals surface area contributed by atoms with Gasteiger partial charge in [0.05, 0.1) is 11.3 Å². The summed E-state index contributed by atoms with van der Waals surface area (Å²) >= 11 is 0. The van der Waals surface area contributed by atoms with Crippen LogP contribution in [0.15, 0.2) is 36.4 Å². The van der Waals surface area contributed by atoms with Crippen molar-refractivity contribution in [2.24, 2.45) is 0 Å². The number of hydrogen-bond acceptors (Lipinski definition) is 2. The second-order valence-corrected chi connectivity index (χ2v) is 4.11. The first-order valence-corrected chi connectivity index (χ1v) is 5.60. The van der Waals surface area contributed by atoms with E-state index < -0.39 is 17.5 Å². The van der Waals surface area contributed by atoms with Crippen molar-refractivity contribution in [3.8, 4) is 0 Å². The lowest BCUT2D eigenvalue weighted by atomic mass is 10.1. The predicted molar refractivity (Wildman–Crippen MR) is 69.9 cm³/mol. The molecule has 0 radical (unpaired) electrons. The van der Waals surface area contributed by atoms with Crippen molar-refractivity contribution >= 4 is 17.3 Å². The molecule has 1 amide bonds. The lowest BCUT2D eigenvalue weighted by molar-refractivity contribution is 0.102. The normalized spacial score (nSPS) is 10.3. The van der Waals surface area contributed by atoms with Gasteiger partial charge in [-0.1, -0.05) is 12.1 Å². The van der Waals surface area contributed by atoms with Crippen LogP contribution in [-0.4, -0.2) is 5.91 Å². The Labute approximate surface area is 109 Å². The van der Waals surface area contributed by atoms with Crippen molar-refractivity contribution in [1.29, 1.82) is 0 Å². The standard InChI is InChI=1S/C14H12F2N2O/c1-8-3-2-4-10(13(8)17)14(19)18-12-6-5-9(15)7-11(12)16/h2-7H,17H2,1H3,(H,18,19). The van der Waals surface area contributed by atoms with Crippen molar-refractivity contribution < 1.29 is 13.6 Å². The molecule has 0 aliphatic heterocycles. The molecule has 0 aliphatic carbocycles. The number of carbonyl (C=O) groups is 1. The number of nitrogens with two attached hydrogens (primary N) is 1. The summed E-state index contributed by atoms with van der Waals surface area (Å²) in [5.41, 5.74) is 7.04. The van der Waals surface area contributed by atoms with Crippen LogP contribution >= 0.6 is 0 Å². The highest BCUT2D eigenvalue weighted by molar-refractivity contribution is 6.08. The van der Waals surface area contributed by atoms with Gasteiger partial charge in [-0.15, -0.1) is 0 Å². The molecule has 0 aliphatic rings. The molecule has 0 saturated heterocycles. The summed E-state index contributed by atoms with van der Waals surface area (Å²) in [6.45, 7) is 1.77. The van der Waals surface area contributed by atoms with Crippen LogP contribution in [0.1, 0.15) is 15.9 Å². The molecular formula is C14H12F2N2O. The van der Waals surface area contributed by atoms with Gasteiger partial charge in [0, 0.05) is 11.8 Å². The van der Waals surface area contributed by atoms with E-state index in [2.05, 4.69) is 5.32 Å². The third-order valence-corrected chi connectivity index (χ3v) is 2.75. The van der Waals surface area contributed by atoms with E-state index in [0.717, 1.165) is 17.7 Å². The molecular weight excluding hydrogens is 250 g/mol. The van der Waals surface area contributed by atoms with E-state index in [0.29, 0.717) is 11.8 Å². The summed E-state index contributed by atoms with van der Waals surface area (Å²) in [5, 5.41) is 2.36. The molecule has 0 fully saturated rings. The van der Waals surface area contributed by atoms with E-state index >= 15 is 0 Å². The summed E-state index contributed by atoms with van der Waals surface area (Å²) in [7, 11) is 0. The topological polar surface area (TPSA) is 55.1 Å². The Kier molecular flexibility index (Phi) is 3.46. The van der Waals surface area contributed by atoms with Crippen LogP contribution in [0.2, 0.25) is 0 Å². The van der Waals surface area contributed by atoms with Crippen molar-refractivity contribution in [2.75, 3.05) is 11.1 Å². The Morgan fingerprint density at radius 2 is 1.95 bits per heavy atom. The fourth-order valence-electron chi connectivity index (χ4n) is 1.66. The first kappa shape index (κ1) is 13.0. The number of amides is 1. The van der Waals surface area contributed by atoms with Gasteiger partial charge in [0.2, 0.25) is 0 Å². The van der Waals surface area contributed by atoms with Crippen molar-refractivity contribution in [2.45, 2.75) is 6.92 Å². The molecule has 3 nitrogen and oxygen atoms in total. The number of aryl methyl sites for hydroxylation is 1. The van der Waals surface area contributed by atoms with E-state index in [4.69, 9.17) is 5.73 Å². The van der Waals surface area contributed by atoms with E-state index in [1.807, 2.05) is 0 Å². The molecule has 3 N–H and O–H groups in total. The van der Waals surface area contributed by atoms with Gasteiger partial charge in [-0.25, -0.2) is 8.78 Å². The van der Waals surface area contributed by atoms with Crippen LogP contribution in [-0.2, 0) is 0 Å². The van der Waals surface area contributed by atoms with Gasteiger partial charge in [0.25, 0.3) is 5.91 Å². The highest BCUT2D eigenvalue weighted by Crippen LogP contribution is 2.20. The van der Waals surface area contributed by atoms with Gasteiger partial charge in [0.15, 0.2) is 0 Å². The molecule has 2 aromatic carbocycles. The number of rotatable bonds is 2. The van der Waals surface area contributed by atoms with Crippen LogP contribution < -0.4 is 11.1 Å². The van der Waals surface area contributed by atoms with Gasteiger partial charge in [-0.05, 0) is 30.7 Å². The van der Waals surface area contributed by atoms with E-state index in [-0.39, 0.29) is 11.3 Å². The molecule has 0 bridgehead atoms. The van der Waals surface area contributed by atoms with Gasteiger partial charge >= 0.3 is 0 Å². The van der Waals surface area contributed by atoms with Crippen LogP contribution in [0.25, 0.3) is 0 Å². The third-order valence-electron chi connectivity index (χ3n) is 2.75. The zero-order chi connectivity index (χ0) is 14.0. The molecule has 0 saturated carbocycles. The van der Waals surface area contributed by atoms with Crippen LogP contribution in [0.3, 0.4) is 0 Å². The highest BCUT2D eigenvalue weighted by Gasteiger charge is 2.13. The monoisotopic (exact) mass is 262 g/mol. The van der Waals surface area contributed by atoms with Gasteiger partial charge in [-0.3, -0.25) is 4.79 Å². The third kappa shape index (κ3) is 2.70. The molecule has 0 unspecified atom stereocenters. The van der Waals surface area contributed by atoms with Crippen LogP contribution in [0.4, 0.5) is 20.2 Å². The number of benzene rings is 2. The summed E-state index contributed by atoms with van der Waals surface area (Å²) in [5.74, 6) is -2.07. The van der Waals surface area contributed by atoms with Crippen LogP contribution in [0.5, 0.6) is 0 Å². The zero-order valence-electron chi connectivity index (χ0n) is 10.2. The summed E-state index contributed by atoms with van der Waals surface area (Å²) in [6, 6.07) is 7.92. The second kappa shape index (κ2) is 5.06. The Bertz CT molecular complexity index is 641. The maximum atomic E-state index is 13.4. The molecule has 19 heavy (non-hydrogen) atoms. The predicted octanol–water partition coefficient (Wildman–Crippen LogP) is 3.11. The van der Waals surface area contributed by atoms with E-state index in [1.165, 1.54) is 0 Å². The number of nitrogens with one attached hydrogen (secondary N) is 1. The van der Waals surface area contributed by atoms with Crippen molar-refractivity contribution in [3.63, 3.8) is 0 Å². The smallest absolute Gasteiger partial charge is 0.257 e. The largest absolute Gasteiger partial charge is 0.398 e. The molecule has 98 valence electrons. The number of halogens is 2. The minimum absolute atomic E-state index is 0.0905. The maximum Gasteiger partial charge on any atom is 0.257 e. The minimum Gasteiger partial charge on any atom is -0.398 e. The van der Waals surface area contributed by atoms with Gasteiger partial charge < -0.3 is 11.1 Å². The highest BCUT2D eigenvalue weighted by atomic mass is 19.1. The average Bonchev–Trinajstić information content (AvgIpc) is 2.36. The summed E-state index contributed by atoms with van der Waals surface area (Å²) < 4.78 is 26.2.